The van der Waals surface area contributed by atoms with Crippen molar-refractivity contribution < 1.29 is 19.2 Å². The van der Waals surface area contributed by atoms with E-state index in [0.29, 0.717) is 17.2 Å². The van der Waals surface area contributed by atoms with Crippen molar-refractivity contribution in [2.75, 3.05) is 11.9 Å². The molecular formula is C21H18N2O5. The quantitative estimate of drug-likeness (QED) is 0.475. The maximum absolute atomic E-state index is 12.1. The molecule has 7 nitrogen and oxygen atoms in total. The lowest BCUT2D eigenvalue weighted by Crippen LogP contribution is -2.20. The van der Waals surface area contributed by atoms with Gasteiger partial charge in [-0.15, -0.1) is 0 Å². The van der Waals surface area contributed by atoms with Crippen LogP contribution in [0.2, 0.25) is 0 Å². The van der Waals surface area contributed by atoms with Gasteiger partial charge in [0.05, 0.1) is 10.6 Å². The van der Waals surface area contributed by atoms with E-state index in [0.717, 1.165) is 11.3 Å². The second-order valence-electron chi connectivity index (χ2n) is 5.98. The number of anilines is 1. The minimum absolute atomic E-state index is 0.0872. The topological polar surface area (TPSA) is 90.7 Å². The SMILES string of the molecule is Cc1ccc([N+](=O)[O-])cc1NC(=O)COc1ccc(Oc2ccccc2)cc1. The number of nitrogens with zero attached hydrogens (tertiary/aromatic N) is 1. The highest BCUT2D eigenvalue weighted by molar-refractivity contribution is 5.93. The third-order valence-corrected chi connectivity index (χ3v) is 3.88. The summed E-state index contributed by atoms with van der Waals surface area (Å²) in [6, 6.07) is 20.6. The number of carbonyl (C=O) groups is 1. The zero-order valence-corrected chi connectivity index (χ0v) is 15.1. The number of hydrogen-bond acceptors (Lipinski definition) is 5. The van der Waals surface area contributed by atoms with E-state index in [-0.39, 0.29) is 12.3 Å². The Bertz CT molecular complexity index is 972. The molecule has 1 N–H and O–H groups in total. The number of benzene rings is 3. The molecule has 0 unspecified atom stereocenters. The van der Waals surface area contributed by atoms with Gasteiger partial charge in [-0.05, 0) is 48.9 Å². The smallest absolute Gasteiger partial charge is 0.271 e. The molecule has 0 atom stereocenters. The molecule has 28 heavy (non-hydrogen) atoms. The van der Waals surface area contributed by atoms with E-state index < -0.39 is 10.8 Å². The normalized spacial score (nSPS) is 10.2. The van der Waals surface area contributed by atoms with Crippen molar-refractivity contribution >= 4 is 17.3 Å². The predicted molar refractivity (Wildman–Crippen MR) is 105 cm³/mol. The van der Waals surface area contributed by atoms with Crippen molar-refractivity contribution in [3.05, 3.63) is 88.5 Å². The van der Waals surface area contributed by atoms with Gasteiger partial charge < -0.3 is 14.8 Å². The van der Waals surface area contributed by atoms with Crippen LogP contribution in [0, 0.1) is 17.0 Å². The molecular weight excluding hydrogens is 360 g/mol. The van der Waals surface area contributed by atoms with Crippen LogP contribution in [0.5, 0.6) is 17.2 Å². The Morgan fingerprint density at radius 2 is 1.61 bits per heavy atom. The van der Waals surface area contributed by atoms with Gasteiger partial charge in [0.25, 0.3) is 11.6 Å². The molecule has 3 aromatic rings. The summed E-state index contributed by atoms with van der Waals surface area (Å²) in [7, 11) is 0. The maximum atomic E-state index is 12.1. The Morgan fingerprint density at radius 1 is 0.964 bits per heavy atom. The molecule has 0 saturated heterocycles. The summed E-state index contributed by atoms with van der Waals surface area (Å²) in [5, 5.41) is 13.5. The van der Waals surface area contributed by atoms with E-state index in [1.807, 2.05) is 30.3 Å². The number of rotatable bonds is 7. The van der Waals surface area contributed by atoms with Crippen LogP contribution in [0.1, 0.15) is 5.56 Å². The van der Waals surface area contributed by atoms with Gasteiger partial charge in [0.15, 0.2) is 6.61 Å². The van der Waals surface area contributed by atoms with Gasteiger partial charge in [-0.3, -0.25) is 14.9 Å². The van der Waals surface area contributed by atoms with Crippen LogP contribution in [0.15, 0.2) is 72.8 Å². The molecule has 0 fully saturated rings. The molecule has 7 heteroatoms. The van der Waals surface area contributed by atoms with E-state index >= 15 is 0 Å². The first-order valence-corrected chi connectivity index (χ1v) is 8.52. The molecule has 0 aliphatic carbocycles. The predicted octanol–water partition coefficient (Wildman–Crippen LogP) is 4.71. The zero-order chi connectivity index (χ0) is 19.9. The van der Waals surface area contributed by atoms with Crippen LogP contribution in [0.25, 0.3) is 0 Å². The van der Waals surface area contributed by atoms with Crippen molar-refractivity contribution in [1.82, 2.24) is 0 Å². The Kier molecular flexibility index (Phi) is 5.86. The fourth-order valence-electron chi connectivity index (χ4n) is 2.42. The Hall–Kier alpha value is -3.87. The number of ether oxygens (including phenoxy) is 2. The monoisotopic (exact) mass is 378 g/mol. The molecule has 0 radical (unpaired) electrons. The van der Waals surface area contributed by atoms with Crippen LogP contribution in [0.3, 0.4) is 0 Å². The van der Waals surface area contributed by atoms with Crippen LogP contribution in [0.4, 0.5) is 11.4 Å². The van der Waals surface area contributed by atoms with E-state index in [2.05, 4.69) is 5.32 Å². The first-order valence-electron chi connectivity index (χ1n) is 8.52. The highest BCUT2D eigenvalue weighted by Gasteiger charge is 2.11. The Labute approximate surface area is 161 Å². The van der Waals surface area contributed by atoms with E-state index in [9.17, 15) is 14.9 Å². The second-order valence-corrected chi connectivity index (χ2v) is 5.98. The molecule has 142 valence electrons. The molecule has 0 saturated carbocycles. The summed E-state index contributed by atoms with van der Waals surface area (Å²) in [5.41, 5.74) is 1.02. The highest BCUT2D eigenvalue weighted by atomic mass is 16.6. The first kappa shape index (κ1) is 18.9. The molecule has 0 aliphatic heterocycles. The third-order valence-electron chi connectivity index (χ3n) is 3.88. The molecule has 1 amide bonds. The number of non-ortho nitro benzene ring substituents is 1. The van der Waals surface area contributed by atoms with Crippen LogP contribution in [-0.2, 0) is 4.79 Å². The van der Waals surface area contributed by atoms with E-state index in [1.165, 1.54) is 12.1 Å². The molecule has 0 spiro atoms. The second kappa shape index (κ2) is 8.68. The molecule has 0 aliphatic rings. The Morgan fingerprint density at radius 3 is 2.29 bits per heavy atom. The standard InChI is InChI=1S/C21H18N2O5/c1-15-7-8-16(23(25)26)13-20(15)22-21(24)14-27-17-9-11-19(12-10-17)28-18-5-3-2-4-6-18/h2-13H,14H2,1H3,(H,22,24). The lowest BCUT2D eigenvalue weighted by molar-refractivity contribution is -0.384. The lowest BCUT2D eigenvalue weighted by Gasteiger charge is -2.10. The third kappa shape index (κ3) is 5.07. The minimum Gasteiger partial charge on any atom is -0.484 e. The summed E-state index contributed by atoms with van der Waals surface area (Å²) in [6.45, 7) is 1.53. The summed E-state index contributed by atoms with van der Waals surface area (Å²) in [5.74, 6) is 1.47. The average Bonchev–Trinajstić information content (AvgIpc) is 2.70. The van der Waals surface area contributed by atoms with E-state index in [1.54, 1.807) is 37.3 Å². The number of amides is 1. The van der Waals surface area contributed by atoms with E-state index in [4.69, 9.17) is 9.47 Å². The molecule has 0 heterocycles. The molecule has 0 aromatic heterocycles. The van der Waals surface area contributed by atoms with Gasteiger partial charge >= 0.3 is 0 Å². The summed E-state index contributed by atoms with van der Waals surface area (Å²) < 4.78 is 11.2. The number of hydrogen-bond donors (Lipinski definition) is 1. The number of nitro groups is 1. The van der Waals surface area contributed by atoms with Crippen LogP contribution in [-0.4, -0.2) is 17.4 Å². The average molecular weight is 378 g/mol. The van der Waals surface area contributed by atoms with Gasteiger partial charge in [-0.1, -0.05) is 24.3 Å². The summed E-state index contributed by atoms with van der Waals surface area (Å²) in [4.78, 5) is 22.4. The number of nitro benzene ring substituents is 1. The lowest BCUT2D eigenvalue weighted by atomic mass is 10.2. The van der Waals surface area contributed by atoms with Crippen LogP contribution >= 0.6 is 0 Å². The summed E-state index contributed by atoms with van der Waals surface area (Å²) in [6.07, 6.45) is 0. The van der Waals surface area contributed by atoms with Crippen LogP contribution < -0.4 is 14.8 Å². The molecule has 3 rings (SSSR count). The van der Waals surface area contributed by atoms with Crippen molar-refractivity contribution in [3.8, 4) is 17.2 Å². The van der Waals surface area contributed by atoms with Gasteiger partial charge in [-0.2, -0.15) is 0 Å². The number of carbonyl (C=O) groups excluding carboxylic acids is 1. The number of para-hydroxylation sites is 1. The van der Waals surface area contributed by atoms with Gasteiger partial charge in [-0.25, -0.2) is 0 Å². The van der Waals surface area contributed by atoms with Crippen molar-refractivity contribution in [2.45, 2.75) is 6.92 Å². The van der Waals surface area contributed by atoms with Crippen molar-refractivity contribution in [3.63, 3.8) is 0 Å². The first-order chi connectivity index (χ1) is 13.5. The summed E-state index contributed by atoms with van der Waals surface area (Å²) >= 11 is 0. The van der Waals surface area contributed by atoms with Gasteiger partial charge in [0.2, 0.25) is 0 Å². The molecule has 0 bridgehead atoms. The fourth-order valence-corrected chi connectivity index (χ4v) is 2.42. The number of aryl methyl sites for hydroxylation is 1. The van der Waals surface area contributed by atoms with Gasteiger partial charge in [0, 0.05) is 12.1 Å². The maximum Gasteiger partial charge on any atom is 0.271 e. The number of nitrogens with one attached hydrogen (secondary N) is 1. The minimum atomic E-state index is -0.509. The van der Waals surface area contributed by atoms with Gasteiger partial charge in [0.1, 0.15) is 17.2 Å². The van der Waals surface area contributed by atoms with Crippen molar-refractivity contribution in [1.29, 1.82) is 0 Å². The zero-order valence-electron chi connectivity index (χ0n) is 15.1. The largest absolute Gasteiger partial charge is 0.484 e. The highest BCUT2D eigenvalue weighted by Crippen LogP contribution is 2.24. The Balaban J connectivity index is 1.55. The molecule has 3 aromatic carbocycles. The fraction of sp³-hybridized carbons (Fsp3) is 0.0952. The van der Waals surface area contributed by atoms with Crippen molar-refractivity contribution in [2.24, 2.45) is 0 Å².